The smallest absolute Gasteiger partial charge is 0.255 e. The standard InChI is InChI=1S/C22H19N3O4S/c26-14-2-3-17-7-11-21(12-8-17)30(28,29)24-15-18-5-9-19(10-6-18)22(27)25-20-4-1-13-23-16-20/h1,4-13,16,24,26H,14-15H2,(H,25,27). The van der Waals surface area contributed by atoms with Gasteiger partial charge in [0.2, 0.25) is 10.0 Å². The average Bonchev–Trinajstić information content (AvgIpc) is 2.77. The molecule has 0 unspecified atom stereocenters. The van der Waals surface area contributed by atoms with Gasteiger partial charge in [0.1, 0.15) is 6.61 Å². The maximum Gasteiger partial charge on any atom is 0.255 e. The minimum atomic E-state index is -3.70. The van der Waals surface area contributed by atoms with Crippen LogP contribution < -0.4 is 10.0 Å². The number of aliphatic hydroxyl groups excluding tert-OH is 1. The van der Waals surface area contributed by atoms with Crippen LogP contribution in [0, 0.1) is 11.8 Å². The van der Waals surface area contributed by atoms with Gasteiger partial charge in [-0.15, -0.1) is 0 Å². The molecule has 1 heterocycles. The van der Waals surface area contributed by atoms with Crippen molar-refractivity contribution >= 4 is 21.6 Å². The lowest BCUT2D eigenvalue weighted by Gasteiger charge is -2.08. The van der Waals surface area contributed by atoms with Crippen LogP contribution in [0.2, 0.25) is 0 Å². The van der Waals surface area contributed by atoms with E-state index in [2.05, 4.69) is 26.9 Å². The molecule has 1 aromatic heterocycles. The minimum Gasteiger partial charge on any atom is -0.384 e. The maximum absolute atomic E-state index is 12.5. The number of aromatic nitrogens is 1. The third kappa shape index (κ3) is 5.75. The summed E-state index contributed by atoms with van der Waals surface area (Å²) in [6.45, 7) is -0.176. The Morgan fingerprint density at radius 1 is 1.03 bits per heavy atom. The van der Waals surface area contributed by atoms with Gasteiger partial charge in [0.05, 0.1) is 16.8 Å². The molecule has 0 fully saturated rings. The lowest BCUT2D eigenvalue weighted by molar-refractivity contribution is 0.102. The van der Waals surface area contributed by atoms with Gasteiger partial charge in [-0.2, -0.15) is 0 Å². The van der Waals surface area contributed by atoms with Gasteiger partial charge in [-0.1, -0.05) is 24.0 Å². The van der Waals surface area contributed by atoms with Crippen LogP contribution >= 0.6 is 0 Å². The average molecular weight is 421 g/mol. The molecular formula is C22H19N3O4S. The van der Waals surface area contributed by atoms with E-state index in [1.165, 1.54) is 12.1 Å². The van der Waals surface area contributed by atoms with Gasteiger partial charge in [-0.05, 0) is 54.1 Å². The lowest BCUT2D eigenvalue weighted by atomic mass is 10.1. The van der Waals surface area contributed by atoms with Crippen LogP contribution in [0.3, 0.4) is 0 Å². The van der Waals surface area contributed by atoms with E-state index in [1.807, 2.05) is 0 Å². The number of hydrogen-bond donors (Lipinski definition) is 3. The minimum absolute atomic E-state index is 0.0822. The van der Waals surface area contributed by atoms with Crippen LogP contribution in [0.25, 0.3) is 0 Å². The highest BCUT2D eigenvalue weighted by atomic mass is 32.2. The Balaban J connectivity index is 1.60. The Morgan fingerprint density at radius 2 is 1.77 bits per heavy atom. The number of aliphatic hydroxyl groups is 1. The number of sulfonamides is 1. The summed E-state index contributed by atoms with van der Waals surface area (Å²) in [5.74, 6) is 4.94. The van der Waals surface area contributed by atoms with Gasteiger partial charge < -0.3 is 10.4 Å². The van der Waals surface area contributed by atoms with E-state index in [1.54, 1.807) is 60.9 Å². The van der Waals surface area contributed by atoms with Crippen molar-refractivity contribution in [2.24, 2.45) is 0 Å². The van der Waals surface area contributed by atoms with Crippen LogP contribution in [0.15, 0.2) is 78.0 Å². The van der Waals surface area contributed by atoms with Gasteiger partial charge >= 0.3 is 0 Å². The number of amides is 1. The van der Waals surface area contributed by atoms with E-state index in [0.29, 0.717) is 22.4 Å². The van der Waals surface area contributed by atoms with Crippen LogP contribution in [-0.2, 0) is 16.6 Å². The second-order valence-electron chi connectivity index (χ2n) is 6.20. The first-order chi connectivity index (χ1) is 14.5. The van der Waals surface area contributed by atoms with E-state index < -0.39 is 10.0 Å². The largest absolute Gasteiger partial charge is 0.384 e. The topological polar surface area (TPSA) is 108 Å². The third-order valence-corrected chi connectivity index (χ3v) is 5.50. The highest BCUT2D eigenvalue weighted by molar-refractivity contribution is 7.89. The van der Waals surface area contributed by atoms with Crippen molar-refractivity contribution in [2.75, 3.05) is 11.9 Å². The van der Waals surface area contributed by atoms with Crippen molar-refractivity contribution < 1.29 is 18.3 Å². The highest BCUT2D eigenvalue weighted by Gasteiger charge is 2.13. The highest BCUT2D eigenvalue weighted by Crippen LogP contribution is 2.12. The number of benzene rings is 2. The van der Waals surface area contributed by atoms with E-state index >= 15 is 0 Å². The fraction of sp³-hybridized carbons (Fsp3) is 0.0909. The number of anilines is 1. The molecule has 2 aromatic carbocycles. The first-order valence-corrected chi connectivity index (χ1v) is 10.5. The summed E-state index contributed by atoms with van der Waals surface area (Å²) in [6.07, 6.45) is 3.16. The molecular weight excluding hydrogens is 402 g/mol. The molecule has 3 rings (SSSR count). The van der Waals surface area contributed by atoms with Crippen molar-refractivity contribution in [3.63, 3.8) is 0 Å². The van der Waals surface area contributed by atoms with Crippen molar-refractivity contribution in [1.29, 1.82) is 0 Å². The monoisotopic (exact) mass is 421 g/mol. The molecule has 0 radical (unpaired) electrons. The van der Waals surface area contributed by atoms with Gasteiger partial charge in [-0.25, -0.2) is 13.1 Å². The molecule has 0 bridgehead atoms. The summed E-state index contributed by atoms with van der Waals surface area (Å²) in [5, 5.41) is 11.4. The molecule has 7 nitrogen and oxygen atoms in total. The summed E-state index contributed by atoms with van der Waals surface area (Å²) in [6, 6.07) is 16.2. The summed E-state index contributed by atoms with van der Waals surface area (Å²) in [5.41, 5.74) is 2.36. The molecule has 8 heteroatoms. The second-order valence-corrected chi connectivity index (χ2v) is 7.97. The molecule has 0 saturated heterocycles. The predicted octanol–water partition coefficient (Wildman–Crippen LogP) is 2.16. The number of hydrogen-bond acceptors (Lipinski definition) is 5. The molecule has 30 heavy (non-hydrogen) atoms. The number of nitrogens with zero attached hydrogens (tertiary/aromatic N) is 1. The zero-order valence-electron chi connectivity index (χ0n) is 15.9. The fourth-order valence-corrected chi connectivity index (χ4v) is 3.55. The summed E-state index contributed by atoms with van der Waals surface area (Å²) < 4.78 is 27.4. The molecule has 3 aromatic rings. The predicted molar refractivity (Wildman–Crippen MR) is 113 cm³/mol. The SMILES string of the molecule is O=C(Nc1cccnc1)c1ccc(CNS(=O)(=O)c2ccc(C#CCO)cc2)cc1. The number of nitrogens with one attached hydrogen (secondary N) is 2. The van der Waals surface area contributed by atoms with Gasteiger partial charge in [0.15, 0.2) is 0 Å². The number of pyridine rings is 1. The summed E-state index contributed by atoms with van der Waals surface area (Å²) in [7, 11) is -3.70. The molecule has 3 N–H and O–H groups in total. The van der Waals surface area contributed by atoms with Crippen LogP contribution in [-0.4, -0.2) is 31.0 Å². The molecule has 0 saturated carbocycles. The van der Waals surface area contributed by atoms with Gasteiger partial charge in [-0.3, -0.25) is 9.78 Å². The van der Waals surface area contributed by atoms with Gasteiger partial charge in [0, 0.05) is 23.9 Å². The van der Waals surface area contributed by atoms with Crippen LogP contribution in [0.1, 0.15) is 21.5 Å². The zero-order valence-corrected chi connectivity index (χ0v) is 16.7. The molecule has 0 atom stereocenters. The Kier molecular flexibility index (Phi) is 6.93. The molecule has 0 aliphatic rings. The third-order valence-electron chi connectivity index (χ3n) is 4.08. The van der Waals surface area contributed by atoms with Crippen LogP contribution in [0.5, 0.6) is 0 Å². The van der Waals surface area contributed by atoms with Crippen LogP contribution in [0.4, 0.5) is 5.69 Å². The Morgan fingerprint density at radius 3 is 2.40 bits per heavy atom. The van der Waals surface area contributed by atoms with E-state index in [4.69, 9.17) is 5.11 Å². The normalized spacial score (nSPS) is 10.7. The molecule has 0 aliphatic carbocycles. The lowest BCUT2D eigenvalue weighted by Crippen LogP contribution is -2.23. The molecule has 152 valence electrons. The van der Waals surface area contributed by atoms with E-state index in [0.717, 1.165) is 0 Å². The van der Waals surface area contributed by atoms with E-state index in [-0.39, 0.29) is 24.0 Å². The van der Waals surface area contributed by atoms with E-state index in [9.17, 15) is 13.2 Å². The quantitative estimate of drug-likeness (QED) is 0.529. The number of rotatable bonds is 6. The number of carbonyl (C=O) groups excluding carboxylic acids is 1. The Labute approximate surface area is 174 Å². The zero-order chi connectivity index (χ0) is 21.4. The summed E-state index contributed by atoms with van der Waals surface area (Å²) >= 11 is 0. The van der Waals surface area contributed by atoms with Crippen molar-refractivity contribution in [2.45, 2.75) is 11.4 Å². The first kappa shape index (κ1) is 21.2. The van der Waals surface area contributed by atoms with Crippen molar-refractivity contribution in [1.82, 2.24) is 9.71 Å². The fourth-order valence-electron chi connectivity index (χ4n) is 2.53. The Hall–Kier alpha value is -3.51. The summed E-state index contributed by atoms with van der Waals surface area (Å²) in [4.78, 5) is 16.3. The first-order valence-electron chi connectivity index (χ1n) is 8.98. The van der Waals surface area contributed by atoms with Crippen molar-refractivity contribution in [3.8, 4) is 11.8 Å². The molecule has 1 amide bonds. The molecule has 0 aliphatic heterocycles. The molecule has 0 spiro atoms. The van der Waals surface area contributed by atoms with Crippen molar-refractivity contribution in [3.05, 3.63) is 89.7 Å². The number of carbonyl (C=O) groups is 1. The second kappa shape index (κ2) is 9.80. The van der Waals surface area contributed by atoms with Gasteiger partial charge in [0.25, 0.3) is 5.91 Å². The Bertz CT molecular complexity index is 1170. The maximum atomic E-state index is 12.5.